The lowest BCUT2D eigenvalue weighted by Gasteiger charge is -2.20. The number of carbonyl (C=O) groups is 1. The number of nitrogens with one attached hydrogen (secondary N) is 3. The molecule has 0 aromatic heterocycles. The number of amides is 1. The molecule has 0 heterocycles. The van der Waals surface area contributed by atoms with Crippen molar-refractivity contribution >= 4 is 36.0 Å². The lowest BCUT2D eigenvalue weighted by molar-refractivity contribution is 0.0529. The van der Waals surface area contributed by atoms with Gasteiger partial charge in [0.25, 0.3) is 0 Å². The van der Waals surface area contributed by atoms with Gasteiger partial charge in [0.15, 0.2) is 5.96 Å². The number of hydrogen-bond acceptors (Lipinski definition) is 4. The largest absolute Gasteiger partial charge is 0.444 e. The molecular weight excluding hydrogens is 471 g/mol. The highest BCUT2D eigenvalue weighted by molar-refractivity contribution is 14.0. The number of aliphatic imine (C=N–C) groups is 1. The van der Waals surface area contributed by atoms with E-state index in [1.54, 1.807) is 0 Å². The van der Waals surface area contributed by atoms with E-state index in [0.29, 0.717) is 38.8 Å². The van der Waals surface area contributed by atoms with Gasteiger partial charge in [0, 0.05) is 26.2 Å². The summed E-state index contributed by atoms with van der Waals surface area (Å²) in [6.45, 7) is 13.1. The van der Waals surface area contributed by atoms with Crippen LogP contribution in [0.3, 0.4) is 0 Å². The molecule has 0 bridgehead atoms. The summed E-state index contributed by atoms with van der Waals surface area (Å²) in [5.74, 6) is 0.703. The molecule has 0 aliphatic heterocycles. The van der Waals surface area contributed by atoms with E-state index in [1.807, 2.05) is 46.8 Å². The Balaban J connectivity index is 0.00000729. The Labute approximate surface area is 186 Å². The maximum absolute atomic E-state index is 11.6. The van der Waals surface area contributed by atoms with Crippen LogP contribution in [0.5, 0.6) is 0 Å². The molecule has 0 fully saturated rings. The molecule has 1 rings (SSSR count). The van der Waals surface area contributed by atoms with E-state index in [2.05, 4.69) is 33.1 Å². The molecule has 0 saturated carbocycles. The second kappa shape index (κ2) is 14.4. The van der Waals surface area contributed by atoms with Gasteiger partial charge in [-0.15, -0.1) is 24.0 Å². The zero-order chi connectivity index (χ0) is 20.1. The Morgan fingerprint density at radius 1 is 1.04 bits per heavy atom. The zero-order valence-corrected chi connectivity index (χ0v) is 20.0. The minimum Gasteiger partial charge on any atom is -0.444 e. The van der Waals surface area contributed by atoms with Crippen molar-refractivity contribution in [2.75, 3.05) is 26.2 Å². The summed E-state index contributed by atoms with van der Waals surface area (Å²) in [5.41, 5.74) is 1.78. The van der Waals surface area contributed by atoms with Crippen molar-refractivity contribution in [2.24, 2.45) is 4.99 Å². The number of halogens is 1. The summed E-state index contributed by atoms with van der Waals surface area (Å²) in [6, 6.07) is 8.13. The monoisotopic (exact) mass is 506 g/mol. The van der Waals surface area contributed by atoms with Gasteiger partial charge in [-0.3, -0.25) is 0 Å². The standard InChI is InChI=1S/C20H34N4O3.HI/c1-6-21-18(22-12-13-23-19(25)27-20(3,4)5)24-14-16-10-8-9-11-17(16)15-26-7-2;/h8-11H,6-7,12-15H2,1-5H3,(H,23,25)(H2,21,22,24);1H. The first kappa shape index (κ1) is 26.4. The van der Waals surface area contributed by atoms with E-state index in [0.717, 1.165) is 17.7 Å². The summed E-state index contributed by atoms with van der Waals surface area (Å²) in [6.07, 6.45) is -0.420. The topological polar surface area (TPSA) is 84.0 Å². The first-order valence-corrected chi connectivity index (χ1v) is 9.49. The van der Waals surface area contributed by atoms with Gasteiger partial charge in [-0.2, -0.15) is 0 Å². The highest BCUT2D eigenvalue weighted by Gasteiger charge is 2.15. The molecule has 160 valence electrons. The molecule has 0 atom stereocenters. The number of nitrogens with zero attached hydrogens (tertiary/aromatic N) is 1. The molecule has 0 aliphatic rings. The van der Waals surface area contributed by atoms with Crippen LogP contribution in [0.1, 0.15) is 45.7 Å². The van der Waals surface area contributed by atoms with E-state index in [4.69, 9.17) is 9.47 Å². The Hall–Kier alpha value is -1.55. The molecule has 0 aliphatic carbocycles. The Morgan fingerprint density at radius 3 is 2.29 bits per heavy atom. The second-order valence-electron chi connectivity index (χ2n) is 6.96. The third-order valence-corrected chi connectivity index (χ3v) is 3.42. The van der Waals surface area contributed by atoms with Crippen LogP contribution in [-0.4, -0.2) is 43.9 Å². The molecule has 3 N–H and O–H groups in total. The Morgan fingerprint density at radius 2 is 1.68 bits per heavy atom. The van der Waals surface area contributed by atoms with Gasteiger partial charge in [0.2, 0.25) is 0 Å². The molecule has 28 heavy (non-hydrogen) atoms. The van der Waals surface area contributed by atoms with Crippen LogP contribution in [0.4, 0.5) is 4.79 Å². The van der Waals surface area contributed by atoms with Gasteiger partial charge >= 0.3 is 6.09 Å². The minimum atomic E-state index is -0.497. The molecule has 0 saturated heterocycles. The molecule has 0 unspecified atom stereocenters. The SMILES string of the molecule is CCNC(=NCc1ccccc1COCC)NCCNC(=O)OC(C)(C)C.I. The fourth-order valence-corrected chi connectivity index (χ4v) is 2.23. The number of hydrogen-bond donors (Lipinski definition) is 3. The van der Waals surface area contributed by atoms with E-state index < -0.39 is 11.7 Å². The Bertz CT molecular complexity index is 603. The van der Waals surface area contributed by atoms with Gasteiger partial charge < -0.3 is 25.4 Å². The van der Waals surface area contributed by atoms with E-state index in [-0.39, 0.29) is 24.0 Å². The fraction of sp³-hybridized carbons (Fsp3) is 0.600. The summed E-state index contributed by atoms with van der Waals surface area (Å²) in [5, 5.41) is 9.13. The van der Waals surface area contributed by atoms with E-state index in [1.165, 1.54) is 0 Å². The van der Waals surface area contributed by atoms with Crippen LogP contribution in [-0.2, 0) is 22.6 Å². The normalized spacial score (nSPS) is 11.4. The van der Waals surface area contributed by atoms with Crippen LogP contribution in [0.25, 0.3) is 0 Å². The molecule has 1 amide bonds. The van der Waals surface area contributed by atoms with Crippen LogP contribution < -0.4 is 16.0 Å². The van der Waals surface area contributed by atoms with Gasteiger partial charge in [0.1, 0.15) is 5.60 Å². The third-order valence-electron chi connectivity index (χ3n) is 3.42. The highest BCUT2D eigenvalue weighted by Crippen LogP contribution is 2.11. The predicted molar refractivity (Wildman–Crippen MR) is 124 cm³/mol. The number of alkyl carbamates (subject to hydrolysis) is 1. The van der Waals surface area contributed by atoms with Crippen LogP contribution in [0, 0.1) is 0 Å². The van der Waals surface area contributed by atoms with Crippen molar-refractivity contribution in [1.82, 2.24) is 16.0 Å². The van der Waals surface area contributed by atoms with Gasteiger partial charge in [-0.05, 0) is 45.7 Å². The van der Waals surface area contributed by atoms with Crippen LogP contribution >= 0.6 is 24.0 Å². The lowest BCUT2D eigenvalue weighted by Crippen LogP contribution is -2.42. The van der Waals surface area contributed by atoms with Crippen LogP contribution in [0.15, 0.2) is 29.3 Å². The average molecular weight is 506 g/mol. The first-order chi connectivity index (χ1) is 12.9. The molecule has 8 heteroatoms. The number of carbonyl (C=O) groups excluding carboxylic acids is 1. The van der Waals surface area contributed by atoms with Crippen molar-refractivity contribution in [2.45, 2.75) is 53.4 Å². The molecule has 1 aromatic carbocycles. The highest BCUT2D eigenvalue weighted by atomic mass is 127. The van der Waals surface area contributed by atoms with E-state index >= 15 is 0 Å². The maximum atomic E-state index is 11.6. The lowest BCUT2D eigenvalue weighted by atomic mass is 10.1. The smallest absolute Gasteiger partial charge is 0.407 e. The number of guanidine groups is 1. The zero-order valence-electron chi connectivity index (χ0n) is 17.6. The fourth-order valence-electron chi connectivity index (χ4n) is 2.23. The number of ether oxygens (including phenoxy) is 2. The quantitative estimate of drug-likeness (QED) is 0.207. The first-order valence-electron chi connectivity index (χ1n) is 9.49. The van der Waals surface area contributed by atoms with Crippen molar-refractivity contribution in [3.8, 4) is 0 Å². The minimum absolute atomic E-state index is 0. The van der Waals surface area contributed by atoms with Gasteiger partial charge in [-0.25, -0.2) is 9.79 Å². The van der Waals surface area contributed by atoms with Crippen molar-refractivity contribution in [1.29, 1.82) is 0 Å². The van der Waals surface area contributed by atoms with E-state index in [9.17, 15) is 4.79 Å². The Kier molecular flexibility index (Phi) is 13.6. The maximum Gasteiger partial charge on any atom is 0.407 e. The summed E-state index contributed by atoms with van der Waals surface area (Å²) in [7, 11) is 0. The van der Waals surface area contributed by atoms with Crippen molar-refractivity contribution < 1.29 is 14.3 Å². The van der Waals surface area contributed by atoms with Crippen molar-refractivity contribution in [3.05, 3.63) is 35.4 Å². The summed E-state index contributed by atoms with van der Waals surface area (Å²) < 4.78 is 10.7. The van der Waals surface area contributed by atoms with Gasteiger partial charge in [0.05, 0.1) is 13.2 Å². The second-order valence-corrected chi connectivity index (χ2v) is 6.96. The summed E-state index contributed by atoms with van der Waals surface area (Å²) >= 11 is 0. The molecule has 0 radical (unpaired) electrons. The van der Waals surface area contributed by atoms with Crippen molar-refractivity contribution in [3.63, 3.8) is 0 Å². The average Bonchev–Trinajstić information content (AvgIpc) is 2.60. The third kappa shape index (κ3) is 12.0. The van der Waals surface area contributed by atoms with Crippen LogP contribution in [0.2, 0.25) is 0 Å². The predicted octanol–water partition coefficient (Wildman–Crippen LogP) is 3.42. The molecule has 7 nitrogen and oxygen atoms in total. The molecular formula is C20H35IN4O3. The number of benzene rings is 1. The van der Waals surface area contributed by atoms with Gasteiger partial charge in [-0.1, -0.05) is 24.3 Å². The summed E-state index contributed by atoms with van der Waals surface area (Å²) in [4.78, 5) is 16.3. The molecule has 0 spiro atoms. The molecule has 1 aromatic rings. The number of rotatable bonds is 9.